The third-order valence-electron chi connectivity index (χ3n) is 3.66. The summed E-state index contributed by atoms with van der Waals surface area (Å²) in [5.41, 5.74) is 0.625. The average molecular weight is 325 g/mol. The lowest BCUT2D eigenvalue weighted by molar-refractivity contribution is 0.0700. The summed E-state index contributed by atoms with van der Waals surface area (Å²) >= 11 is 3.09. The number of rotatable bonds is 3. The maximum atomic E-state index is 14.1. The molecule has 3 nitrogen and oxygen atoms in total. The number of carboxylic acid groups (broad SMARTS) is 1. The van der Waals surface area contributed by atoms with Crippen LogP contribution in [0.3, 0.4) is 0 Å². The molecule has 1 N–H and O–H groups in total. The molecule has 0 saturated carbocycles. The van der Waals surface area contributed by atoms with Crippen LogP contribution in [0.4, 0.5) is 4.39 Å². The normalized spacial score (nSPS) is 20.0. The molecule has 0 amide bonds. The van der Waals surface area contributed by atoms with Crippen LogP contribution >= 0.6 is 23.1 Å². The molecule has 3 rings (SSSR count). The lowest BCUT2D eigenvalue weighted by atomic mass is 10.1. The fraction of sp³-hybridized carbons (Fsp3) is 0.400. The van der Waals surface area contributed by atoms with E-state index >= 15 is 0 Å². The molecular formula is C15H16FNO2S2. The Balaban J connectivity index is 2.02. The highest BCUT2D eigenvalue weighted by atomic mass is 32.2. The van der Waals surface area contributed by atoms with Crippen LogP contribution in [0.15, 0.2) is 18.2 Å². The molecule has 2 aromatic rings. The number of hydrogen-bond donors (Lipinski definition) is 1. The van der Waals surface area contributed by atoms with Crippen molar-refractivity contribution in [3.63, 3.8) is 0 Å². The minimum absolute atomic E-state index is 0.265. The fourth-order valence-corrected chi connectivity index (χ4v) is 4.90. The Morgan fingerprint density at radius 3 is 3.05 bits per heavy atom. The zero-order chi connectivity index (χ0) is 15.0. The second kappa shape index (κ2) is 5.94. The number of halogens is 1. The van der Waals surface area contributed by atoms with E-state index in [4.69, 9.17) is 0 Å². The van der Waals surface area contributed by atoms with Crippen molar-refractivity contribution in [1.82, 2.24) is 4.90 Å². The summed E-state index contributed by atoms with van der Waals surface area (Å²) < 4.78 is 14.9. The molecule has 1 unspecified atom stereocenters. The second-order valence-corrected chi connectivity index (χ2v) is 7.84. The molecule has 1 fully saturated rings. The molecule has 0 bridgehead atoms. The SMILES string of the molecule is CC1CN(Cc2c(C(=O)O)sc3cccc(F)c23)CCS1. The van der Waals surface area contributed by atoms with E-state index in [0.717, 1.165) is 30.2 Å². The van der Waals surface area contributed by atoms with Gasteiger partial charge in [0.2, 0.25) is 0 Å². The standard InChI is InChI=1S/C15H16FNO2S2/c1-9-7-17(5-6-20-9)8-10-13-11(16)3-2-4-12(13)21-14(10)15(18)19/h2-4,9H,5-8H2,1H3,(H,18,19). The van der Waals surface area contributed by atoms with Crippen LogP contribution < -0.4 is 0 Å². The first-order valence-corrected chi connectivity index (χ1v) is 8.70. The van der Waals surface area contributed by atoms with Crippen molar-refractivity contribution in [2.45, 2.75) is 18.7 Å². The van der Waals surface area contributed by atoms with E-state index in [-0.39, 0.29) is 10.7 Å². The molecule has 1 aromatic carbocycles. The maximum absolute atomic E-state index is 14.1. The first kappa shape index (κ1) is 14.8. The molecular weight excluding hydrogens is 309 g/mol. The molecule has 1 aliphatic rings. The molecule has 0 radical (unpaired) electrons. The van der Waals surface area contributed by atoms with Gasteiger partial charge in [0.25, 0.3) is 0 Å². The lowest BCUT2D eigenvalue weighted by Crippen LogP contribution is -2.36. The number of carbonyl (C=O) groups is 1. The predicted octanol–water partition coefficient (Wildman–Crippen LogP) is 3.68. The Hall–Kier alpha value is -1.11. The molecule has 0 aliphatic carbocycles. The third kappa shape index (κ3) is 2.93. The number of hydrogen-bond acceptors (Lipinski definition) is 4. The zero-order valence-corrected chi connectivity index (χ0v) is 13.3. The third-order valence-corrected chi connectivity index (χ3v) is 5.99. The van der Waals surface area contributed by atoms with Crippen LogP contribution in [0.1, 0.15) is 22.2 Å². The summed E-state index contributed by atoms with van der Waals surface area (Å²) in [6.07, 6.45) is 0. The van der Waals surface area contributed by atoms with Gasteiger partial charge in [0.05, 0.1) is 0 Å². The van der Waals surface area contributed by atoms with Crippen LogP contribution in [0.2, 0.25) is 0 Å². The number of aromatic carboxylic acids is 1. The van der Waals surface area contributed by atoms with E-state index < -0.39 is 5.97 Å². The number of benzene rings is 1. The van der Waals surface area contributed by atoms with Gasteiger partial charge >= 0.3 is 5.97 Å². The van der Waals surface area contributed by atoms with Gasteiger partial charge in [0, 0.05) is 46.3 Å². The minimum Gasteiger partial charge on any atom is -0.477 e. The number of thioether (sulfide) groups is 1. The highest BCUT2D eigenvalue weighted by Crippen LogP contribution is 2.34. The number of nitrogens with zero attached hydrogens (tertiary/aromatic N) is 1. The van der Waals surface area contributed by atoms with Crippen LogP contribution in [0.5, 0.6) is 0 Å². The quantitative estimate of drug-likeness (QED) is 0.935. The summed E-state index contributed by atoms with van der Waals surface area (Å²) in [6, 6.07) is 4.82. The molecule has 1 aromatic heterocycles. The van der Waals surface area contributed by atoms with Gasteiger partial charge in [0.15, 0.2) is 0 Å². The van der Waals surface area contributed by atoms with Crippen molar-refractivity contribution in [3.05, 3.63) is 34.5 Å². The summed E-state index contributed by atoms with van der Waals surface area (Å²) in [5.74, 6) is -0.260. The molecule has 6 heteroatoms. The van der Waals surface area contributed by atoms with E-state index in [1.54, 1.807) is 12.1 Å². The predicted molar refractivity (Wildman–Crippen MR) is 85.9 cm³/mol. The van der Waals surface area contributed by atoms with Crippen LogP contribution in [-0.4, -0.2) is 40.1 Å². The van der Waals surface area contributed by atoms with Gasteiger partial charge in [0.1, 0.15) is 10.7 Å². The summed E-state index contributed by atoms with van der Waals surface area (Å²) in [4.78, 5) is 14.0. The summed E-state index contributed by atoms with van der Waals surface area (Å²) in [5, 5.41) is 10.4. The van der Waals surface area contributed by atoms with Gasteiger partial charge in [-0.1, -0.05) is 13.0 Å². The zero-order valence-electron chi connectivity index (χ0n) is 11.6. The largest absolute Gasteiger partial charge is 0.477 e. The topological polar surface area (TPSA) is 40.5 Å². The van der Waals surface area contributed by atoms with Gasteiger partial charge in [-0.3, -0.25) is 4.90 Å². The summed E-state index contributed by atoms with van der Waals surface area (Å²) in [7, 11) is 0. The van der Waals surface area contributed by atoms with E-state index in [1.165, 1.54) is 6.07 Å². The van der Waals surface area contributed by atoms with Gasteiger partial charge in [-0.05, 0) is 12.1 Å². The Labute approximate surface area is 130 Å². The number of carboxylic acids is 1. The van der Waals surface area contributed by atoms with Gasteiger partial charge < -0.3 is 5.11 Å². The van der Waals surface area contributed by atoms with Crippen LogP contribution in [0, 0.1) is 5.82 Å². The number of thiophene rings is 1. The first-order chi connectivity index (χ1) is 10.1. The molecule has 1 saturated heterocycles. The Morgan fingerprint density at radius 1 is 1.52 bits per heavy atom. The second-order valence-electron chi connectivity index (χ2n) is 5.24. The van der Waals surface area contributed by atoms with Crippen molar-refractivity contribution in [2.75, 3.05) is 18.8 Å². The van der Waals surface area contributed by atoms with Gasteiger partial charge in [-0.25, -0.2) is 9.18 Å². The molecule has 1 aliphatic heterocycles. The van der Waals surface area contributed by atoms with Crippen molar-refractivity contribution in [2.24, 2.45) is 0 Å². The van der Waals surface area contributed by atoms with Crippen molar-refractivity contribution in [1.29, 1.82) is 0 Å². The monoisotopic (exact) mass is 325 g/mol. The first-order valence-electron chi connectivity index (χ1n) is 6.83. The maximum Gasteiger partial charge on any atom is 0.346 e. The van der Waals surface area contributed by atoms with Gasteiger partial charge in [-0.15, -0.1) is 11.3 Å². The Bertz CT molecular complexity index is 686. The Morgan fingerprint density at radius 2 is 2.33 bits per heavy atom. The molecule has 1 atom stereocenters. The van der Waals surface area contributed by atoms with Gasteiger partial charge in [-0.2, -0.15) is 11.8 Å². The van der Waals surface area contributed by atoms with E-state index in [9.17, 15) is 14.3 Å². The van der Waals surface area contributed by atoms with E-state index in [1.807, 2.05) is 11.8 Å². The molecule has 21 heavy (non-hydrogen) atoms. The minimum atomic E-state index is -0.968. The summed E-state index contributed by atoms with van der Waals surface area (Å²) in [6.45, 7) is 4.50. The lowest BCUT2D eigenvalue weighted by Gasteiger charge is -2.30. The molecule has 2 heterocycles. The van der Waals surface area contributed by atoms with Crippen LogP contribution in [0.25, 0.3) is 10.1 Å². The smallest absolute Gasteiger partial charge is 0.346 e. The highest BCUT2D eigenvalue weighted by molar-refractivity contribution is 7.99. The number of fused-ring (bicyclic) bond motifs is 1. The average Bonchev–Trinajstić information content (AvgIpc) is 2.79. The fourth-order valence-electron chi connectivity index (χ4n) is 2.75. The van der Waals surface area contributed by atoms with Crippen molar-refractivity contribution >= 4 is 39.2 Å². The Kier molecular flexibility index (Phi) is 4.19. The van der Waals surface area contributed by atoms with Crippen LogP contribution in [-0.2, 0) is 6.54 Å². The van der Waals surface area contributed by atoms with E-state index in [0.29, 0.717) is 27.4 Å². The van der Waals surface area contributed by atoms with Crippen molar-refractivity contribution < 1.29 is 14.3 Å². The molecule has 112 valence electrons. The van der Waals surface area contributed by atoms with E-state index in [2.05, 4.69) is 11.8 Å². The molecule has 0 spiro atoms. The highest BCUT2D eigenvalue weighted by Gasteiger charge is 2.24. The van der Waals surface area contributed by atoms with Crippen molar-refractivity contribution in [3.8, 4) is 0 Å².